The van der Waals surface area contributed by atoms with Crippen LogP contribution in [0.5, 0.6) is 5.75 Å². The summed E-state index contributed by atoms with van der Waals surface area (Å²) >= 11 is 5.40. The second-order valence-corrected chi connectivity index (χ2v) is 5.80. The molecule has 0 saturated heterocycles. The minimum Gasteiger partial charge on any atom is -0.502 e. The molecule has 2 rings (SSSR count). The largest absolute Gasteiger partial charge is 0.502 e. The molecule has 0 bridgehead atoms. The Morgan fingerprint density at radius 3 is 2.62 bits per heavy atom. The van der Waals surface area contributed by atoms with Gasteiger partial charge in [0.2, 0.25) is 0 Å². The second-order valence-electron chi connectivity index (χ2n) is 5.39. The average Bonchev–Trinajstić information content (AvgIpc) is 2.60. The molecule has 0 aliphatic carbocycles. The number of aliphatic hydroxyl groups is 1. The van der Waals surface area contributed by atoms with Crippen molar-refractivity contribution in [2.24, 2.45) is 0 Å². The lowest BCUT2D eigenvalue weighted by atomic mass is 10.1. The number of ether oxygens (including phenoxy) is 1. The molecule has 26 heavy (non-hydrogen) atoms. The average molecular weight is 377 g/mol. The first kappa shape index (κ1) is 19.5. The van der Waals surface area contributed by atoms with Gasteiger partial charge in [0.1, 0.15) is 5.75 Å². The highest BCUT2D eigenvalue weighted by atomic mass is 32.1. The van der Waals surface area contributed by atoms with E-state index in [0.29, 0.717) is 22.8 Å². The van der Waals surface area contributed by atoms with Crippen molar-refractivity contribution in [1.29, 1.82) is 0 Å². The smallest absolute Gasteiger partial charge is 0.387 e. The van der Waals surface area contributed by atoms with Crippen LogP contribution in [0.3, 0.4) is 0 Å². The predicted molar refractivity (Wildman–Crippen MR) is 101 cm³/mol. The second kappa shape index (κ2) is 9.05. The Bertz CT molecular complexity index is 821. The predicted octanol–water partition coefficient (Wildman–Crippen LogP) is 3.87. The standard InChI is InChI=1S/C19H18F2N2O2S/c1-3-10-22-18(26)16(23-11-4-5-13(2)12-23)17(24)14-6-8-15(9-7-14)25-19(20)21/h3-9,11-12,19H,1,10H2,2H3,(H-,22,24,26)/p+1. The number of thiocarbonyl (C=S) groups is 1. The van der Waals surface area contributed by atoms with Gasteiger partial charge in [0, 0.05) is 23.7 Å². The van der Waals surface area contributed by atoms with E-state index in [-0.39, 0.29) is 11.5 Å². The molecule has 1 heterocycles. The summed E-state index contributed by atoms with van der Waals surface area (Å²) in [5.74, 6) is -0.0839. The summed E-state index contributed by atoms with van der Waals surface area (Å²) in [6.45, 7) is 3.08. The molecule has 0 radical (unpaired) electrons. The van der Waals surface area contributed by atoms with Crippen molar-refractivity contribution >= 4 is 28.7 Å². The number of nitrogens with one attached hydrogen (secondary N) is 1. The number of alkyl halides is 2. The summed E-state index contributed by atoms with van der Waals surface area (Å²) in [4.78, 5) is 0.325. The van der Waals surface area contributed by atoms with Crippen LogP contribution in [0.25, 0.3) is 11.5 Å². The van der Waals surface area contributed by atoms with Crippen LogP contribution in [-0.4, -0.2) is 23.3 Å². The Balaban J connectivity index is 2.47. The Labute approximate surface area is 156 Å². The summed E-state index contributed by atoms with van der Waals surface area (Å²) in [7, 11) is 0. The SMILES string of the molecule is C=CCNC(=S)/C(=C(\O)c1ccc(OC(F)F)cc1)[n+]1cccc(C)c1. The van der Waals surface area contributed by atoms with Crippen molar-refractivity contribution in [2.45, 2.75) is 13.5 Å². The van der Waals surface area contributed by atoms with Gasteiger partial charge in [-0.15, -0.1) is 6.58 Å². The molecule has 0 amide bonds. The maximum atomic E-state index is 12.3. The number of hydrogen-bond donors (Lipinski definition) is 2. The first-order valence-corrected chi connectivity index (χ1v) is 8.19. The molecule has 2 aromatic rings. The number of aromatic nitrogens is 1. The number of benzene rings is 1. The lowest BCUT2D eigenvalue weighted by molar-refractivity contribution is -0.576. The number of aryl methyl sites for hydroxylation is 1. The van der Waals surface area contributed by atoms with Crippen LogP contribution < -0.4 is 14.6 Å². The fourth-order valence-electron chi connectivity index (χ4n) is 2.26. The van der Waals surface area contributed by atoms with Crippen LogP contribution >= 0.6 is 12.2 Å². The molecule has 0 saturated carbocycles. The van der Waals surface area contributed by atoms with Gasteiger partial charge in [-0.2, -0.15) is 13.3 Å². The highest BCUT2D eigenvalue weighted by Gasteiger charge is 2.23. The normalized spacial score (nSPS) is 11.7. The van der Waals surface area contributed by atoms with E-state index in [0.717, 1.165) is 5.56 Å². The number of halogens is 2. The van der Waals surface area contributed by atoms with Gasteiger partial charge >= 0.3 is 6.61 Å². The lowest BCUT2D eigenvalue weighted by Crippen LogP contribution is -2.41. The summed E-state index contributed by atoms with van der Waals surface area (Å²) in [5.41, 5.74) is 1.76. The van der Waals surface area contributed by atoms with E-state index in [1.54, 1.807) is 16.8 Å². The molecule has 0 fully saturated rings. The van der Waals surface area contributed by atoms with Crippen LogP contribution in [-0.2, 0) is 0 Å². The summed E-state index contributed by atoms with van der Waals surface area (Å²) in [6.07, 6.45) is 5.23. The van der Waals surface area contributed by atoms with Gasteiger partial charge in [0.15, 0.2) is 23.1 Å². The maximum Gasteiger partial charge on any atom is 0.387 e. The molecule has 0 unspecified atom stereocenters. The fourth-order valence-corrected chi connectivity index (χ4v) is 2.54. The van der Waals surface area contributed by atoms with Crippen molar-refractivity contribution in [3.63, 3.8) is 0 Å². The molecule has 1 aromatic carbocycles. The van der Waals surface area contributed by atoms with Gasteiger partial charge in [0.25, 0.3) is 5.70 Å². The van der Waals surface area contributed by atoms with E-state index in [9.17, 15) is 13.9 Å². The maximum absolute atomic E-state index is 12.3. The third kappa shape index (κ3) is 5.10. The van der Waals surface area contributed by atoms with Crippen molar-refractivity contribution in [1.82, 2.24) is 5.32 Å². The third-order valence-corrected chi connectivity index (χ3v) is 3.74. The number of aliphatic hydroxyl groups excluding tert-OH is 1. The molecule has 0 spiro atoms. The number of rotatable bonds is 7. The highest BCUT2D eigenvalue weighted by Crippen LogP contribution is 2.21. The van der Waals surface area contributed by atoms with E-state index in [1.807, 2.05) is 25.3 Å². The molecular weight excluding hydrogens is 358 g/mol. The Morgan fingerprint density at radius 1 is 1.35 bits per heavy atom. The van der Waals surface area contributed by atoms with Crippen LogP contribution in [0, 0.1) is 6.92 Å². The molecule has 1 aromatic heterocycles. The number of hydrogen-bond acceptors (Lipinski definition) is 3. The van der Waals surface area contributed by atoms with Crippen LogP contribution in [0.4, 0.5) is 8.78 Å². The highest BCUT2D eigenvalue weighted by molar-refractivity contribution is 7.81. The van der Waals surface area contributed by atoms with E-state index in [4.69, 9.17) is 12.2 Å². The fraction of sp³-hybridized carbons (Fsp3) is 0.158. The Kier molecular flexibility index (Phi) is 6.80. The quantitative estimate of drug-likeness (QED) is 0.253. The van der Waals surface area contributed by atoms with Crippen molar-refractivity contribution < 1.29 is 23.2 Å². The van der Waals surface area contributed by atoms with E-state index < -0.39 is 6.61 Å². The molecule has 0 aliphatic rings. The third-order valence-electron chi connectivity index (χ3n) is 3.41. The van der Waals surface area contributed by atoms with Gasteiger partial charge in [-0.25, -0.2) is 0 Å². The van der Waals surface area contributed by atoms with Gasteiger partial charge < -0.3 is 15.2 Å². The van der Waals surface area contributed by atoms with Crippen molar-refractivity contribution in [3.8, 4) is 5.75 Å². The lowest BCUT2D eigenvalue weighted by Gasteiger charge is -2.10. The van der Waals surface area contributed by atoms with Crippen LogP contribution in [0.1, 0.15) is 11.1 Å². The first-order chi connectivity index (χ1) is 12.4. The first-order valence-electron chi connectivity index (χ1n) is 7.78. The summed E-state index contributed by atoms with van der Waals surface area (Å²) in [5, 5.41) is 13.8. The van der Waals surface area contributed by atoms with Gasteiger partial charge in [-0.3, -0.25) is 0 Å². The zero-order valence-corrected chi connectivity index (χ0v) is 15.0. The topological polar surface area (TPSA) is 45.4 Å². The number of pyridine rings is 1. The summed E-state index contributed by atoms with van der Waals surface area (Å²) < 4.78 is 30.6. The monoisotopic (exact) mass is 377 g/mol. The minimum atomic E-state index is -2.90. The zero-order chi connectivity index (χ0) is 19.1. The molecular formula is C19H19F2N2O2S+. The number of nitrogens with zero attached hydrogens (tertiary/aromatic N) is 1. The van der Waals surface area contributed by atoms with Crippen LogP contribution in [0.2, 0.25) is 0 Å². The van der Waals surface area contributed by atoms with Gasteiger partial charge in [-0.1, -0.05) is 18.3 Å². The van der Waals surface area contributed by atoms with Gasteiger partial charge in [0.05, 0.1) is 0 Å². The molecule has 4 nitrogen and oxygen atoms in total. The molecule has 0 aliphatic heterocycles. The van der Waals surface area contributed by atoms with Crippen LogP contribution in [0.15, 0.2) is 61.4 Å². The van der Waals surface area contributed by atoms with Gasteiger partial charge in [-0.05, 0) is 37.3 Å². The van der Waals surface area contributed by atoms with E-state index >= 15 is 0 Å². The van der Waals surface area contributed by atoms with E-state index in [2.05, 4.69) is 16.6 Å². The molecule has 2 N–H and O–H groups in total. The Hall–Kier alpha value is -2.80. The summed E-state index contributed by atoms with van der Waals surface area (Å²) in [6, 6.07) is 9.44. The molecule has 136 valence electrons. The van der Waals surface area contributed by atoms with E-state index in [1.165, 1.54) is 24.3 Å². The minimum absolute atomic E-state index is 0.00803. The molecule has 0 atom stereocenters. The molecule has 7 heteroatoms. The van der Waals surface area contributed by atoms with Crippen molar-refractivity contribution in [2.75, 3.05) is 6.54 Å². The zero-order valence-electron chi connectivity index (χ0n) is 14.2. The van der Waals surface area contributed by atoms with Crippen molar-refractivity contribution in [3.05, 3.63) is 72.6 Å². The Morgan fingerprint density at radius 2 is 2.04 bits per heavy atom.